The monoisotopic (exact) mass is 264 g/mol. The Kier molecular flexibility index (Phi) is 4.21. The molecule has 2 heterocycles. The number of piperidine rings is 1. The minimum atomic E-state index is -0.522. The van der Waals surface area contributed by atoms with Crippen LogP contribution in [-0.4, -0.2) is 36.0 Å². The second-order valence-corrected chi connectivity index (χ2v) is 5.01. The van der Waals surface area contributed by atoms with Gasteiger partial charge in [0.1, 0.15) is 5.69 Å². The number of rotatable bonds is 4. The molecule has 1 atom stereocenters. The summed E-state index contributed by atoms with van der Waals surface area (Å²) in [7, 11) is 1.73. The molecule has 6 heteroatoms. The van der Waals surface area contributed by atoms with Gasteiger partial charge in [-0.05, 0) is 37.9 Å². The number of aryl methyl sites for hydroxylation is 1. The Bertz CT molecular complexity index is 475. The summed E-state index contributed by atoms with van der Waals surface area (Å²) in [5.74, 6) is -0.208. The molecule has 0 radical (unpaired) electrons. The van der Waals surface area contributed by atoms with E-state index in [4.69, 9.17) is 5.73 Å². The molecular formula is C13H20N4O2. The average molecular weight is 264 g/mol. The molecule has 0 aromatic carbocycles. The van der Waals surface area contributed by atoms with Crippen molar-refractivity contribution in [3.05, 3.63) is 23.5 Å². The number of carbonyl (C=O) groups excluding carboxylic acids is 2. The van der Waals surface area contributed by atoms with Crippen molar-refractivity contribution in [2.24, 2.45) is 18.7 Å². The molecule has 1 aliphatic heterocycles. The van der Waals surface area contributed by atoms with Gasteiger partial charge in [-0.3, -0.25) is 9.59 Å². The third-order valence-corrected chi connectivity index (χ3v) is 3.47. The van der Waals surface area contributed by atoms with Gasteiger partial charge < -0.3 is 20.9 Å². The van der Waals surface area contributed by atoms with E-state index in [1.165, 1.54) is 6.07 Å². The smallest absolute Gasteiger partial charge is 0.267 e. The second kappa shape index (κ2) is 5.88. The summed E-state index contributed by atoms with van der Waals surface area (Å²) in [6.07, 6.45) is 3.85. The van der Waals surface area contributed by atoms with E-state index < -0.39 is 5.91 Å². The van der Waals surface area contributed by atoms with Crippen LogP contribution in [0.1, 0.15) is 33.7 Å². The van der Waals surface area contributed by atoms with E-state index in [1.807, 2.05) is 0 Å². The van der Waals surface area contributed by atoms with Crippen LogP contribution in [0.15, 0.2) is 12.3 Å². The van der Waals surface area contributed by atoms with Crippen molar-refractivity contribution in [1.82, 2.24) is 15.2 Å². The zero-order valence-corrected chi connectivity index (χ0v) is 11.1. The van der Waals surface area contributed by atoms with Crippen LogP contribution in [0.3, 0.4) is 0 Å². The molecule has 2 amide bonds. The first kappa shape index (κ1) is 13.6. The van der Waals surface area contributed by atoms with E-state index in [0.29, 0.717) is 23.7 Å². The molecule has 4 N–H and O–H groups in total. The summed E-state index contributed by atoms with van der Waals surface area (Å²) >= 11 is 0. The number of nitrogens with two attached hydrogens (primary N) is 1. The van der Waals surface area contributed by atoms with Gasteiger partial charge in [0, 0.05) is 19.8 Å². The highest BCUT2D eigenvalue weighted by Crippen LogP contribution is 2.10. The standard InChI is InChI=1S/C13H20N4O2/c1-17-8-10(12(14)18)5-11(17)13(19)16-7-9-3-2-4-15-6-9/h5,8-9,15H,2-4,6-7H2,1H3,(H2,14,18)(H,16,19). The van der Waals surface area contributed by atoms with Crippen LogP contribution < -0.4 is 16.4 Å². The second-order valence-electron chi connectivity index (χ2n) is 5.01. The third-order valence-electron chi connectivity index (χ3n) is 3.47. The van der Waals surface area contributed by atoms with Gasteiger partial charge in [0.25, 0.3) is 5.91 Å². The number of nitrogens with one attached hydrogen (secondary N) is 2. The van der Waals surface area contributed by atoms with Crippen molar-refractivity contribution in [1.29, 1.82) is 0 Å². The van der Waals surface area contributed by atoms with Crippen LogP contribution in [0.2, 0.25) is 0 Å². The predicted octanol–water partition coefficient (Wildman–Crippen LogP) is -0.147. The lowest BCUT2D eigenvalue weighted by atomic mass is 10.00. The van der Waals surface area contributed by atoms with Crippen molar-refractivity contribution in [2.75, 3.05) is 19.6 Å². The molecule has 1 aliphatic rings. The summed E-state index contributed by atoms with van der Waals surface area (Å²) in [6, 6.07) is 1.52. The topological polar surface area (TPSA) is 89.2 Å². The summed E-state index contributed by atoms with van der Waals surface area (Å²) in [5.41, 5.74) is 6.00. The van der Waals surface area contributed by atoms with Gasteiger partial charge in [0.15, 0.2) is 0 Å². The van der Waals surface area contributed by atoms with Crippen LogP contribution >= 0.6 is 0 Å². The van der Waals surface area contributed by atoms with E-state index in [2.05, 4.69) is 10.6 Å². The highest BCUT2D eigenvalue weighted by molar-refractivity contribution is 5.98. The zero-order valence-electron chi connectivity index (χ0n) is 11.1. The highest BCUT2D eigenvalue weighted by Gasteiger charge is 2.17. The van der Waals surface area contributed by atoms with Crippen LogP contribution in [0.25, 0.3) is 0 Å². The number of nitrogens with zero attached hydrogens (tertiary/aromatic N) is 1. The number of hydrogen-bond acceptors (Lipinski definition) is 3. The van der Waals surface area contributed by atoms with E-state index >= 15 is 0 Å². The van der Waals surface area contributed by atoms with Gasteiger partial charge in [0.2, 0.25) is 5.91 Å². The number of amides is 2. The molecule has 1 aromatic rings. The van der Waals surface area contributed by atoms with E-state index in [9.17, 15) is 9.59 Å². The largest absolute Gasteiger partial charge is 0.366 e. The molecule has 104 valence electrons. The van der Waals surface area contributed by atoms with Crippen molar-refractivity contribution in [2.45, 2.75) is 12.8 Å². The van der Waals surface area contributed by atoms with Crippen LogP contribution in [-0.2, 0) is 7.05 Å². The summed E-state index contributed by atoms with van der Waals surface area (Å²) < 4.78 is 1.62. The number of carbonyl (C=O) groups is 2. The summed E-state index contributed by atoms with van der Waals surface area (Å²) in [6.45, 7) is 2.66. The predicted molar refractivity (Wildman–Crippen MR) is 71.9 cm³/mol. The van der Waals surface area contributed by atoms with Crippen molar-refractivity contribution in [3.8, 4) is 0 Å². The van der Waals surface area contributed by atoms with Gasteiger partial charge in [-0.15, -0.1) is 0 Å². The van der Waals surface area contributed by atoms with E-state index in [0.717, 1.165) is 25.9 Å². The maximum atomic E-state index is 12.0. The fraction of sp³-hybridized carbons (Fsp3) is 0.538. The molecule has 1 fully saturated rings. The number of hydrogen-bond donors (Lipinski definition) is 3. The first-order valence-electron chi connectivity index (χ1n) is 6.53. The van der Waals surface area contributed by atoms with Gasteiger partial charge in [0.05, 0.1) is 5.56 Å². The Hall–Kier alpha value is -1.82. The number of aromatic nitrogens is 1. The Balaban J connectivity index is 1.93. The SMILES string of the molecule is Cn1cc(C(N)=O)cc1C(=O)NCC1CCCNC1. The first-order chi connectivity index (χ1) is 9.08. The van der Waals surface area contributed by atoms with Crippen LogP contribution in [0, 0.1) is 5.92 Å². The zero-order chi connectivity index (χ0) is 13.8. The molecule has 2 rings (SSSR count). The average Bonchev–Trinajstić information content (AvgIpc) is 2.80. The van der Waals surface area contributed by atoms with Gasteiger partial charge in [-0.25, -0.2) is 0 Å². The first-order valence-corrected chi connectivity index (χ1v) is 6.53. The molecular weight excluding hydrogens is 244 g/mol. The Morgan fingerprint density at radius 3 is 2.95 bits per heavy atom. The Morgan fingerprint density at radius 1 is 1.58 bits per heavy atom. The van der Waals surface area contributed by atoms with Crippen LogP contribution in [0.5, 0.6) is 0 Å². The minimum Gasteiger partial charge on any atom is -0.366 e. The molecule has 0 bridgehead atoms. The lowest BCUT2D eigenvalue weighted by Gasteiger charge is -2.22. The van der Waals surface area contributed by atoms with E-state index in [1.54, 1.807) is 17.8 Å². The Morgan fingerprint density at radius 2 is 2.37 bits per heavy atom. The maximum absolute atomic E-state index is 12.0. The fourth-order valence-corrected chi connectivity index (χ4v) is 2.35. The van der Waals surface area contributed by atoms with Gasteiger partial charge in [-0.2, -0.15) is 0 Å². The van der Waals surface area contributed by atoms with Gasteiger partial charge in [-0.1, -0.05) is 0 Å². The van der Waals surface area contributed by atoms with Crippen molar-refractivity contribution < 1.29 is 9.59 Å². The molecule has 0 aliphatic carbocycles. The molecule has 19 heavy (non-hydrogen) atoms. The fourth-order valence-electron chi connectivity index (χ4n) is 2.35. The van der Waals surface area contributed by atoms with Crippen LogP contribution in [0.4, 0.5) is 0 Å². The molecule has 6 nitrogen and oxygen atoms in total. The molecule has 0 saturated carbocycles. The molecule has 1 aromatic heterocycles. The van der Waals surface area contributed by atoms with Crippen molar-refractivity contribution in [3.63, 3.8) is 0 Å². The lowest BCUT2D eigenvalue weighted by molar-refractivity contribution is 0.0936. The van der Waals surface area contributed by atoms with E-state index in [-0.39, 0.29) is 5.91 Å². The number of primary amides is 1. The Labute approximate surface area is 112 Å². The maximum Gasteiger partial charge on any atom is 0.267 e. The highest BCUT2D eigenvalue weighted by atomic mass is 16.2. The lowest BCUT2D eigenvalue weighted by Crippen LogP contribution is -2.38. The van der Waals surface area contributed by atoms with Gasteiger partial charge >= 0.3 is 0 Å². The molecule has 1 unspecified atom stereocenters. The minimum absolute atomic E-state index is 0.166. The van der Waals surface area contributed by atoms with Crippen molar-refractivity contribution >= 4 is 11.8 Å². The normalized spacial score (nSPS) is 19.1. The molecule has 0 spiro atoms. The molecule has 1 saturated heterocycles. The summed E-state index contributed by atoms with van der Waals surface area (Å²) in [4.78, 5) is 23.1. The quantitative estimate of drug-likeness (QED) is 0.706. The third kappa shape index (κ3) is 3.35. The summed E-state index contributed by atoms with van der Waals surface area (Å²) in [5, 5.41) is 6.22.